The number of halogens is 1. The Morgan fingerprint density at radius 3 is 2.76 bits per heavy atom. The molecule has 2 aromatic rings. The van der Waals surface area contributed by atoms with E-state index in [-0.39, 0.29) is 0 Å². The Morgan fingerprint density at radius 1 is 1.24 bits per heavy atom. The van der Waals surface area contributed by atoms with Gasteiger partial charge in [0.05, 0.1) is 0 Å². The summed E-state index contributed by atoms with van der Waals surface area (Å²) in [6.07, 6.45) is 3.74. The van der Waals surface area contributed by atoms with Crippen molar-refractivity contribution < 1.29 is 0 Å². The molecule has 0 saturated carbocycles. The van der Waals surface area contributed by atoms with Gasteiger partial charge >= 0.3 is 0 Å². The molecule has 1 aliphatic rings. The van der Waals surface area contributed by atoms with E-state index in [1.165, 1.54) is 45.6 Å². The molecule has 17 heavy (non-hydrogen) atoms. The summed E-state index contributed by atoms with van der Waals surface area (Å²) >= 11 is 3.70. The zero-order chi connectivity index (χ0) is 11.8. The summed E-state index contributed by atoms with van der Waals surface area (Å²) in [7, 11) is 2.06. The zero-order valence-corrected chi connectivity index (χ0v) is 11.5. The SMILES string of the molecule is CNC1CCCc2c1cc(Br)c1ccccc21. The standard InChI is InChI=1S/C15H16BrN/c1-17-15-8-4-7-11-10-5-2-3-6-12(10)14(16)9-13(11)15/h2-3,5-6,9,15,17H,4,7-8H2,1H3. The molecule has 1 aliphatic carbocycles. The molecule has 2 aromatic carbocycles. The Kier molecular flexibility index (Phi) is 2.93. The molecule has 0 bridgehead atoms. The van der Waals surface area contributed by atoms with E-state index in [9.17, 15) is 0 Å². The van der Waals surface area contributed by atoms with Gasteiger partial charge in [-0.25, -0.2) is 0 Å². The van der Waals surface area contributed by atoms with Crippen molar-refractivity contribution in [2.24, 2.45) is 0 Å². The molecule has 0 radical (unpaired) electrons. The van der Waals surface area contributed by atoms with E-state index in [4.69, 9.17) is 0 Å². The highest BCUT2D eigenvalue weighted by Gasteiger charge is 2.21. The Bertz CT molecular complexity index is 562. The lowest BCUT2D eigenvalue weighted by Crippen LogP contribution is -2.21. The summed E-state index contributed by atoms with van der Waals surface area (Å²) in [5, 5.41) is 6.18. The fourth-order valence-electron chi connectivity index (χ4n) is 2.94. The normalized spacial score (nSPS) is 19.3. The van der Waals surface area contributed by atoms with Crippen LogP contribution in [0, 0.1) is 0 Å². The number of hydrogen-bond donors (Lipinski definition) is 1. The smallest absolute Gasteiger partial charge is 0.0320 e. The van der Waals surface area contributed by atoms with E-state index in [2.05, 4.69) is 58.6 Å². The van der Waals surface area contributed by atoms with Gasteiger partial charge in [0.2, 0.25) is 0 Å². The summed E-state index contributed by atoms with van der Waals surface area (Å²) in [6.45, 7) is 0. The average molecular weight is 290 g/mol. The van der Waals surface area contributed by atoms with E-state index in [0.29, 0.717) is 6.04 Å². The monoisotopic (exact) mass is 289 g/mol. The highest BCUT2D eigenvalue weighted by Crippen LogP contribution is 2.38. The van der Waals surface area contributed by atoms with Crippen molar-refractivity contribution in [3.05, 3.63) is 45.9 Å². The number of nitrogens with one attached hydrogen (secondary N) is 1. The first-order valence-electron chi connectivity index (χ1n) is 6.18. The summed E-state index contributed by atoms with van der Waals surface area (Å²) in [6, 6.07) is 11.5. The van der Waals surface area contributed by atoms with Gasteiger partial charge in [-0.2, -0.15) is 0 Å². The van der Waals surface area contributed by atoms with Crippen molar-refractivity contribution in [3.63, 3.8) is 0 Å². The molecule has 0 spiro atoms. The average Bonchev–Trinajstić information content (AvgIpc) is 2.39. The summed E-state index contributed by atoms with van der Waals surface area (Å²) in [5.41, 5.74) is 3.01. The summed E-state index contributed by atoms with van der Waals surface area (Å²) in [4.78, 5) is 0. The van der Waals surface area contributed by atoms with E-state index >= 15 is 0 Å². The van der Waals surface area contributed by atoms with Crippen LogP contribution in [-0.2, 0) is 6.42 Å². The molecule has 0 aromatic heterocycles. The van der Waals surface area contributed by atoms with Gasteiger partial charge in [0, 0.05) is 10.5 Å². The minimum Gasteiger partial charge on any atom is -0.313 e. The topological polar surface area (TPSA) is 12.0 Å². The quantitative estimate of drug-likeness (QED) is 0.830. The lowest BCUT2D eigenvalue weighted by molar-refractivity contribution is 0.498. The van der Waals surface area contributed by atoms with Gasteiger partial charge in [-0.1, -0.05) is 40.2 Å². The molecule has 1 nitrogen and oxygen atoms in total. The predicted molar refractivity (Wildman–Crippen MR) is 76.4 cm³/mol. The Morgan fingerprint density at radius 2 is 2.00 bits per heavy atom. The van der Waals surface area contributed by atoms with Crippen molar-refractivity contribution in [2.45, 2.75) is 25.3 Å². The van der Waals surface area contributed by atoms with Gasteiger partial charge < -0.3 is 5.32 Å². The van der Waals surface area contributed by atoms with Gasteiger partial charge in [-0.05, 0) is 54.3 Å². The van der Waals surface area contributed by atoms with Gasteiger partial charge in [-0.3, -0.25) is 0 Å². The third-order valence-electron chi connectivity index (χ3n) is 3.78. The van der Waals surface area contributed by atoms with Crippen molar-refractivity contribution in [1.29, 1.82) is 0 Å². The number of fused-ring (bicyclic) bond motifs is 3. The largest absolute Gasteiger partial charge is 0.313 e. The van der Waals surface area contributed by atoms with Crippen LogP contribution in [0.2, 0.25) is 0 Å². The Hall–Kier alpha value is -0.860. The number of aryl methyl sites for hydroxylation is 1. The second kappa shape index (κ2) is 4.43. The fourth-order valence-corrected chi connectivity index (χ4v) is 3.53. The van der Waals surface area contributed by atoms with E-state index in [0.717, 1.165) is 0 Å². The third-order valence-corrected chi connectivity index (χ3v) is 4.44. The number of benzene rings is 2. The van der Waals surface area contributed by atoms with Crippen LogP contribution in [0.15, 0.2) is 34.8 Å². The van der Waals surface area contributed by atoms with Crippen molar-refractivity contribution in [3.8, 4) is 0 Å². The predicted octanol–water partition coefficient (Wildman–Crippen LogP) is 4.20. The van der Waals surface area contributed by atoms with Crippen LogP contribution in [0.1, 0.15) is 30.0 Å². The molecule has 0 amide bonds. The van der Waals surface area contributed by atoms with Crippen molar-refractivity contribution in [2.75, 3.05) is 7.05 Å². The fraction of sp³-hybridized carbons (Fsp3) is 0.333. The molecule has 0 aliphatic heterocycles. The molecule has 88 valence electrons. The van der Waals surface area contributed by atoms with Gasteiger partial charge in [0.1, 0.15) is 0 Å². The van der Waals surface area contributed by atoms with Crippen LogP contribution in [-0.4, -0.2) is 7.05 Å². The first-order chi connectivity index (χ1) is 8.31. The molecule has 1 atom stereocenters. The number of hydrogen-bond acceptors (Lipinski definition) is 1. The number of rotatable bonds is 1. The zero-order valence-electron chi connectivity index (χ0n) is 9.96. The Balaban J connectivity index is 2.32. The van der Waals surface area contributed by atoms with Gasteiger partial charge in [0.15, 0.2) is 0 Å². The van der Waals surface area contributed by atoms with Gasteiger partial charge in [-0.15, -0.1) is 0 Å². The molecule has 0 fully saturated rings. The first-order valence-corrected chi connectivity index (χ1v) is 6.98. The third kappa shape index (κ3) is 1.80. The van der Waals surface area contributed by atoms with Gasteiger partial charge in [0.25, 0.3) is 0 Å². The van der Waals surface area contributed by atoms with Crippen LogP contribution < -0.4 is 5.32 Å². The summed E-state index contributed by atoms with van der Waals surface area (Å²) < 4.78 is 1.22. The summed E-state index contributed by atoms with van der Waals surface area (Å²) in [5.74, 6) is 0. The molecule has 0 heterocycles. The van der Waals surface area contributed by atoms with Crippen LogP contribution in [0.3, 0.4) is 0 Å². The van der Waals surface area contributed by atoms with Crippen molar-refractivity contribution in [1.82, 2.24) is 5.32 Å². The lowest BCUT2D eigenvalue weighted by Gasteiger charge is -2.27. The molecular formula is C15H16BrN. The second-order valence-corrected chi connectivity index (χ2v) is 5.56. The molecule has 1 unspecified atom stereocenters. The van der Waals surface area contributed by atoms with Crippen LogP contribution in [0.25, 0.3) is 10.8 Å². The molecule has 0 saturated heterocycles. The molecule has 2 heteroatoms. The van der Waals surface area contributed by atoms with E-state index < -0.39 is 0 Å². The van der Waals surface area contributed by atoms with E-state index in [1.54, 1.807) is 0 Å². The maximum Gasteiger partial charge on any atom is 0.0320 e. The highest BCUT2D eigenvalue weighted by atomic mass is 79.9. The lowest BCUT2D eigenvalue weighted by atomic mass is 9.84. The maximum absolute atomic E-state index is 3.70. The molecule has 3 rings (SSSR count). The Labute approximate surface area is 110 Å². The van der Waals surface area contributed by atoms with Crippen LogP contribution in [0.4, 0.5) is 0 Å². The minimum atomic E-state index is 0.514. The maximum atomic E-state index is 3.70. The molecule has 1 N–H and O–H groups in total. The molecular weight excluding hydrogens is 274 g/mol. The van der Waals surface area contributed by atoms with E-state index in [1.807, 2.05) is 0 Å². The van der Waals surface area contributed by atoms with Crippen molar-refractivity contribution >= 4 is 26.7 Å². The second-order valence-electron chi connectivity index (χ2n) is 4.71. The first kappa shape index (κ1) is 11.2. The van der Waals surface area contributed by atoms with Crippen LogP contribution >= 0.6 is 15.9 Å². The minimum absolute atomic E-state index is 0.514. The van der Waals surface area contributed by atoms with Crippen LogP contribution in [0.5, 0.6) is 0 Å². The highest BCUT2D eigenvalue weighted by molar-refractivity contribution is 9.10.